The van der Waals surface area contributed by atoms with E-state index in [-0.39, 0.29) is 5.91 Å². The van der Waals surface area contributed by atoms with Crippen molar-refractivity contribution in [1.82, 2.24) is 15.5 Å². The molecule has 1 amide bonds. The average molecular weight is 376 g/mol. The van der Waals surface area contributed by atoms with E-state index in [9.17, 15) is 4.79 Å². The van der Waals surface area contributed by atoms with Gasteiger partial charge < -0.3 is 14.6 Å². The van der Waals surface area contributed by atoms with E-state index in [1.54, 1.807) is 0 Å². The monoisotopic (exact) mass is 376 g/mol. The maximum Gasteiger partial charge on any atom is 0.318 e. The third-order valence-electron chi connectivity index (χ3n) is 5.23. The van der Waals surface area contributed by atoms with Gasteiger partial charge in [0.05, 0.1) is 0 Å². The lowest BCUT2D eigenvalue weighted by molar-refractivity contribution is 0.0938. The van der Waals surface area contributed by atoms with Gasteiger partial charge in [-0.1, -0.05) is 41.5 Å². The van der Waals surface area contributed by atoms with Crippen molar-refractivity contribution in [3.05, 3.63) is 76.7 Å². The van der Waals surface area contributed by atoms with Gasteiger partial charge in [0, 0.05) is 18.7 Å². The maximum atomic E-state index is 12.9. The van der Waals surface area contributed by atoms with E-state index < -0.39 is 6.04 Å². The van der Waals surface area contributed by atoms with Crippen LogP contribution >= 0.6 is 0 Å². The Labute approximate surface area is 164 Å². The van der Waals surface area contributed by atoms with E-state index in [0.717, 1.165) is 42.6 Å². The van der Waals surface area contributed by atoms with Crippen LogP contribution in [0.4, 0.5) is 6.01 Å². The van der Waals surface area contributed by atoms with Gasteiger partial charge in [-0.3, -0.25) is 4.79 Å². The summed E-state index contributed by atoms with van der Waals surface area (Å²) in [6.45, 7) is 5.88. The van der Waals surface area contributed by atoms with Crippen LogP contribution in [0.2, 0.25) is 0 Å². The van der Waals surface area contributed by atoms with Crippen molar-refractivity contribution >= 4 is 11.9 Å². The standard InChI is InChI=1S/C22H24N4O2/c1-15-10-11-18(14-16(15)2)20(27)23-19(17-8-4-3-5-9-17)21-24-25-22(28-21)26-12-6-7-13-26/h3-5,8-11,14,19H,6-7,12-13H2,1-2H3,(H,23,27). The van der Waals surface area contributed by atoms with Crippen LogP contribution in [0.3, 0.4) is 0 Å². The summed E-state index contributed by atoms with van der Waals surface area (Å²) in [5, 5.41) is 11.5. The molecule has 2 heterocycles. The lowest BCUT2D eigenvalue weighted by atomic mass is 10.0. The number of nitrogens with one attached hydrogen (secondary N) is 1. The number of aromatic nitrogens is 2. The molecule has 4 rings (SSSR count). The summed E-state index contributed by atoms with van der Waals surface area (Å²) in [7, 11) is 0. The Bertz CT molecular complexity index is 962. The van der Waals surface area contributed by atoms with Gasteiger partial charge >= 0.3 is 6.01 Å². The zero-order valence-electron chi connectivity index (χ0n) is 16.2. The predicted octanol–water partition coefficient (Wildman–Crippen LogP) is 3.81. The SMILES string of the molecule is Cc1ccc(C(=O)NC(c2ccccc2)c2nnc(N3CCCC3)o2)cc1C. The second-order valence-corrected chi connectivity index (χ2v) is 7.23. The fourth-order valence-corrected chi connectivity index (χ4v) is 3.41. The minimum atomic E-state index is -0.501. The molecule has 1 aliphatic rings. The van der Waals surface area contributed by atoms with Gasteiger partial charge in [0.2, 0.25) is 5.89 Å². The fourth-order valence-electron chi connectivity index (χ4n) is 3.41. The number of benzene rings is 2. The van der Waals surface area contributed by atoms with Gasteiger partial charge in [0.1, 0.15) is 6.04 Å². The number of amides is 1. The van der Waals surface area contributed by atoms with Crippen molar-refractivity contribution in [3.63, 3.8) is 0 Å². The molecule has 0 saturated carbocycles. The summed E-state index contributed by atoms with van der Waals surface area (Å²) in [5.74, 6) is 0.225. The van der Waals surface area contributed by atoms with Crippen LogP contribution in [-0.2, 0) is 0 Å². The molecule has 1 saturated heterocycles. The van der Waals surface area contributed by atoms with Crippen molar-refractivity contribution < 1.29 is 9.21 Å². The average Bonchev–Trinajstić information content (AvgIpc) is 3.40. The quantitative estimate of drug-likeness (QED) is 0.733. The second kappa shape index (κ2) is 7.84. The smallest absolute Gasteiger partial charge is 0.318 e. The summed E-state index contributed by atoms with van der Waals surface area (Å²) in [6, 6.07) is 15.4. The zero-order chi connectivity index (χ0) is 19.5. The molecule has 1 unspecified atom stereocenters. The van der Waals surface area contributed by atoms with Gasteiger partial charge in [-0.2, -0.15) is 0 Å². The molecule has 0 radical (unpaired) electrons. The molecule has 144 valence electrons. The maximum absolute atomic E-state index is 12.9. The van der Waals surface area contributed by atoms with E-state index in [0.29, 0.717) is 17.5 Å². The van der Waals surface area contributed by atoms with Gasteiger partial charge in [-0.15, -0.1) is 5.10 Å². The summed E-state index contributed by atoms with van der Waals surface area (Å²) < 4.78 is 5.95. The van der Waals surface area contributed by atoms with Gasteiger partial charge in [-0.25, -0.2) is 0 Å². The van der Waals surface area contributed by atoms with Crippen molar-refractivity contribution in [3.8, 4) is 0 Å². The minimum absolute atomic E-state index is 0.169. The number of nitrogens with zero attached hydrogens (tertiary/aromatic N) is 3. The van der Waals surface area contributed by atoms with E-state index in [1.165, 1.54) is 0 Å². The Morgan fingerprint density at radius 2 is 1.79 bits per heavy atom. The first-order chi connectivity index (χ1) is 13.6. The van der Waals surface area contributed by atoms with Crippen molar-refractivity contribution in [2.24, 2.45) is 0 Å². The van der Waals surface area contributed by atoms with Crippen LogP contribution in [-0.4, -0.2) is 29.2 Å². The number of carbonyl (C=O) groups excluding carboxylic acids is 1. The number of hydrogen-bond donors (Lipinski definition) is 1. The molecule has 0 aliphatic carbocycles. The number of rotatable bonds is 5. The first kappa shape index (κ1) is 18.2. The van der Waals surface area contributed by atoms with Crippen LogP contribution in [0, 0.1) is 13.8 Å². The normalized spacial score (nSPS) is 14.9. The third kappa shape index (κ3) is 3.76. The molecular weight excluding hydrogens is 352 g/mol. The Balaban J connectivity index is 1.62. The highest BCUT2D eigenvalue weighted by Crippen LogP contribution is 2.26. The highest BCUT2D eigenvalue weighted by molar-refractivity contribution is 5.94. The summed E-state index contributed by atoms with van der Waals surface area (Å²) in [5.41, 5.74) is 3.75. The van der Waals surface area contributed by atoms with Crippen LogP contribution in [0.1, 0.15) is 51.8 Å². The largest absolute Gasteiger partial charge is 0.405 e. The molecule has 1 atom stereocenters. The molecule has 2 aromatic carbocycles. The molecule has 3 aromatic rings. The Hall–Kier alpha value is -3.15. The van der Waals surface area contributed by atoms with E-state index in [4.69, 9.17) is 4.42 Å². The Kier molecular flexibility index (Phi) is 5.10. The molecule has 1 fully saturated rings. The number of aryl methyl sites for hydroxylation is 2. The topological polar surface area (TPSA) is 71.3 Å². The van der Waals surface area contributed by atoms with Crippen LogP contribution in [0.25, 0.3) is 0 Å². The summed E-state index contributed by atoms with van der Waals surface area (Å²) in [4.78, 5) is 15.0. The van der Waals surface area contributed by atoms with E-state index >= 15 is 0 Å². The van der Waals surface area contributed by atoms with Gasteiger partial charge in [0.25, 0.3) is 5.91 Å². The zero-order valence-corrected chi connectivity index (χ0v) is 16.2. The van der Waals surface area contributed by atoms with Crippen LogP contribution in [0.5, 0.6) is 0 Å². The molecular formula is C22H24N4O2. The molecule has 1 aromatic heterocycles. The first-order valence-corrected chi connectivity index (χ1v) is 9.63. The molecule has 0 spiro atoms. The van der Waals surface area contributed by atoms with Gasteiger partial charge in [-0.05, 0) is 55.5 Å². The van der Waals surface area contributed by atoms with Crippen molar-refractivity contribution in [2.45, 2.75) is 32.7 Å². The van der Waals surface area contributed by atoms with Crippen molar-refractivity contribution in [2.75, 3.05) is 18.0 Å². The molecule has 1 N–H and O–H groups in total. The first-order valence-electron chi connectivity index (χ1n) is 9.63. The molecule has 0 bridgehead atoms. The lowest BCUT2D eigenvalue weighted by Crippen LogP contribution is -2.29. The Morgan fingerprint density at radius 1 is 1.04 bits per heavy atom. The van der Waals surface area contributed by atoms with Gasteiger partial charge in [0.15, 0.2) is 0 Å². The second-order valence-electron chi connectivity index (χ2n) is 7.23. The number of anilines is 1. The molecule has 1 aliphatic heterocycles. The third-order valence-corrected chi connectivity index (χ3v) is 5.23. The van der Waals surface area contributed by atoms with E-state index in [2.05, 4.69) is 20.4 Å². The van der Waals surface area contributed by atoms with Crippen molar-refractivity contribution in [1.29, 1.82) is 0 Å². The molecule has 6 heteroatoms. The number of carbonyl (C=O) groups is 1. The van der Waals surface area contributed by atoms with Crippen LogP contribution < -0.4 is 10.2 Å². The number of hydrogen-bond acceptors (Lipinski definition) is 5. The summed E-state index contributed by atoms with van der Waals surface area (Å²) in [6.07, 6.45) is 2.26. The summed E-state index contributed by atoms with van der Waals surface area (Å²) >= 11 is 0. The highest BCUT2D eigenvalue weighted by Gasteiger charge is 2.26. The van der Waals surface area contributed by atoms with Crippen LogP contribution in [0.15, 0.2) is 52.9 Å². The molecule has 6 nitrogen and oxygen atoms in total. The Morgan fingerprint density at radius 3 is 2.50 bits per heavy atom. The lowest BCUT2D eigenvalue weighted by Gasteiger charge is -2.17. The highest BCUT2D eigenvalue weighted by atomic mass is 16.4. The minimum Gasteiger partial charge on any atom is -0.405 e. The molecule has 28 heavy (non-hydrogen) atoms. The predicted molar refractivity (Wildman–Crippen MR) is 107 cm³/mol. The fraction of sp³-hybridized carbons (Fsp3) is 0.318. The van der Waals surface area contributed by atoms with E-state index in [1.807, 2.05) is 62.4 Å².